The number of hydrogen-bond acceptors (Lipinski definition) is 0. The van der Waals surface area contributed by atoms with Crippen LogP contribution in [0.1, 0.15) is 6.42 Å². The van der Waals surface area contributed by atoms with Crippen LogP contribution in [-0.2, 0) is 0 Å². The molecule has 0 aliphatic heterocycles. The van der Waals surface area contributed by atoms with Crippen molar-refractivity contribution in [2.45, 2.75) is 6.42 Å². The van der Waals surface area contributed by atoms with Crippen molar-refractivity contribution in [3.63, 3.8) is 0 Å². The molecule has 88 valence electrons. The minimum absolute atomic E-state index is 1.03. The number of allylic oxidation sites excluding steroid dienone is 1. The van der Waals surface area contributed by atoms with Gasteiger partial charge in [-0.2, -0.15) is 0 Å². The molecule has 0 amide bonds. The summed E-state index contributed by atoms with van der Waals surface area (Å²) in [6.45, 7) is 0. The Morgan fingerprint density at radius 1 is 0.706 bits per heavy atom. The van der Waals surface area contributed by atoms with Crippen LogP contribution >= 0.6 is 31.9 Å². The van der Waals surface area contributed by atoms with E-state index in [1.54, 1.807) is 6.42 Å². The van der Waals surface area contributed by atoms with Crippen LogP contribution in [0.5, 0.6) is 0 Å². The van der Waals surface area contributed by atoms with Gasteiger partial charge < -0.3 is 0 Å². The molecular weight excluding hydrogens is 340 g/mol. The molecule has 0 nitrogen and oxygen atoms in total. The lowest BCUT2D eigenvalue weighted by molar-refractivity contribution is 0.220. The SMILES string of the molecule is BrC(Br)=C1C2C3C4C5CC6C4C2C2C1C3C5C62. The zero-order valence-electron chi connectivity index (χ0n) is 9.39. The molecule has 0 N–H and O–H groups in total. The lowest BCUT2D eigenvalue weighted by Gasteiger charge is -2.24. The van der Waals surface area contributed by atoms with Crippen LogP contribution in [0.15, 0.2) is 8.96 Å². The first-order chi connectivity index (χ1) is 8.30. The molecule has 0 aromatic rings. The van der Waals surface area contributed by atoms with E-state index in [9.17, 15) is 0 Å². The molecule has 0 aromatic heterocycles. The Labute approximate surface area is 118 Å². The summed E-state index contributed by atoms with van der Waals surface area (Å²) in [7, 11) is 0. The Balaban J connectivity index is 1.66. The number of hydrogen-bond donors (Lipinski definition) is 0. The standard InChI is InChI=1S/C15H14Br2/c16-15(17)14-12-8-4-2-1-3-6(4)10(12)11-7(3)5(2)9(8)13(11)14/h2-13H,1H2. The minimum Gasteiger partial charge on any atom is -0.0464 e. The first-order valence-corrected chi connectivity index (χ1v) is 8.94. The van der Waals surface area contributed by atoms with Crippen molar-refractivity contribution in [1.29, 1.82) is 0 Å². The molecule has 17 heavy (non-hydrogen) atoms. The predicted octanol–water partition coefficient (Wildman–Crippen LogP) is 3.87. The second kappa shape index (κ2) is 2.16. The normalized spacial score (nSPS) is 81.2. The molecule has 0 aromatic carbocycles. The summed E-state index contributed by atoms with van der Waals surface area (Å²) < 4.78 is 1.36. The molecule has 0 heterocycles. The van der Waals surface area contributed by atoms with Crippen LogP contribution in [0, 0.1) is 71.0 Å². The van der Waals surface area contributed by atoms with Gasteiger partial charge in [0.1, 0.15) is 0 Å². The Morgan fingerprint density at radius 3 is 1.47 bits per heavy atom. The van der Waals surface area contributed by atoms with Gasteiger partial charge in [-0.3, -0.25) is 0 Å². The van der Waals surface area contributed by atoms with E-state index >= 15 is 0 Å². The Morgan fingerprint density at radius 2 is 1.12 bits per heavy atom. The van der Waals surface area contributed by atoms with Gasteiger partial charge in [0.05, 0.1) is 3.39 Å². The third-order valence-electron chi connectivity index (χ3n) is 8.67. The molecular formula is C15H14Br2. The summed E-state index contributed by atoms with van der Waals surface area (Å²) in [6, 6.07) is 0. The molecule has 8 saturated carbocycles. The summed E-state index contributed by atoms with van der Waals surface area (Å²) in [5.74, 6) is 13.9. The summed E-state index contributed by atoms with van der Waals surface area (Å²) in [5.41, 5.74) is 1.86. The maximum Gasteiger partial charge on any atom is 0.0602 e. The molecule has 8 atom stereocenters. The average Bonchev–Trinajstić information content (AvgIpc) is 2.95. The molecule has 0 radical (unpaired) electrons. The van der Waals surface area contributed by atoms with E-state index in [2.05, 4.69) is 31.9 Å². The largest absolute Gasteiger partial charge is 0.0602 e. The fourth-order valence-corrected chi connectivity index (χ4v) is 10.6. The van der Waals surface area contributed by atoms with Crippen molar-refractivity contribution >= 4 is 31.9 Å². The van der Waals surface area contributed by atoms with E-state index in [-0.39, 0.29) is 0 Å². The first-order valence-electron chi connectivity index (χ1n) is 7.36. The van der Waals surface area contributed by atoms with E-state index in [1.807, 2.05) is 5.57 Å². The van der Waals surface area contributed by atoms with Gasteiger partial charge in [-0.1, -0.05) is 0 Å². The lowest BCUT2D eigenvalue weighted by atomic mass is 9.80. The Kier molecular flexibility index (Phi) is 1.11. The summed E-state index contributed by atoms with van der Waals surface area (Å²) in [5, 5.41) is 0. The zero-order chi connectivity index (χ0) is 10.8. The van der Waals surface area contributed by atoms with Gasteiger partial charge >= 0.3 is 0 Å². The summed E-state index contributed by atoms with van der Waals surface area (Å²) >= 11 is 7.56. The molecule has 2 heteroatoms. The fraction of sp³-hybridized carbons (Fsp3) is 0.867. The quantitative estimate of drug-likeness (QED) is 0.620. The fourth-order valence-electron chi connectivity index (χ4n) is 9.52. The number of halogens is 2. The smallest absolute Gasteiger partial charge is 0.0464 e. The van der Waals surface area contributed by atoms with E-state index in [0.717, 1.165) is 35.5 Å². The van der Waals surface area contributed by atoms with E-state index in [0.29, 0.717) is 0 Å². The second-order valence-electron chi connectivity index (χ2n) is 7.95. The van der Waals surface area contributed by atoms with Gasteiger partial charge in [0.2, 0.25) is 0 Å². The van der Waals surface area contributed by atoms with Crippen LogP contribution in [0.4, 0.5) is 0 Å². The highest BCUT2D eigenvalue weighted by Crippen LogP contribution is 2.94. The van der Waals surface area contributed by atoms with Gasteiger partial charge in [0, 0.05) is 0 Å². The van der Waals surface area contributed by atoms with Crippen molar-refractivity contribution in [1.82, 2.24) is 0 Å². The first kappa shape index (κ1) is 8.79. The molecule has 8 aliphatic rings. The predicted molar refractivity (Wildman–Crippen MR) is 71.4 cm³/mol. The van der Waals surface area contributed by atoms with E-state index < -0.39 is 0 Å². The highest BCUT2D eigenvalue weighted by Gasteiger charge is 2.89. The molecule has 8 rings (SSSR count). The number of rotatable bonds is 0. The van der Waals surface area contributed by atoms with Gasteiger partial charge in [-0.05, 0) is 115 Å². The van der Waals surface area contributed by atoms with E-state index in [1.165, 1.54) is 38.9 Å². The minimum atomic E-state index is 1.03. The molecule has 4 bridgehead atoms. The van der Waals surface area contributed by atoms with Crippen LogP contribution in [0.25, 0.3) is 0 Å². The maximum absolute atomic E-state index is 3.78. The summed E-state index contributed by atoms with van der Waals surface area (Å²) in [6.07, 6.45) is 1.67. The van der Waals surface area contributed by atoms with Crippen LogP contribution in [0.2, 0.25) is 0 Å². The van der Waals surface area contributed by atoms with Crippen molar-refractivity contribution in [2.75, 3.05) is 0 Å². The molecule has 8 unspecified atom stereocenters. The third-order valence-corrected chi connectivity index (χ3v) is 9.59. The second-order valence-corrected chi connectivity index (χ2v) is 10.6. The van der Waals surface area contributed by atoms with Crippen LogP contribution < -0.4 is 0 Å². The maximum atomic E-state index is 3.78. The van der Waals surface area contributed by atoms with E-state index in [4.69, 9.17) is 0 Å². The Bertz CT molecular complexity index is 461. The molecule has 0 saturated heterocycles. The van der Waals surface area contributed by atoms with Gasteiger partial charge in [0.15, 0.2) is 0 Å². The average molecular weight is 354 g/mol. The van der Waals surface area contributed by atoms with Crippen molar-refractivity contribution in [2.24, 2.45) is 71.0 Å². The highest BCUT2D eigenvalue weighted by atomic mass is 79.9. The van der Waals surface area contributed by atoms with Crippen molar-refractivity contribution < 1.29 is 0 Å². The van der Waals surface area contributed by atoms with Crippen molar-refractivity contribution in [3.8, 4) is 0 Å². The third kappa shape index (κ3) is 0.554. The van der Waals surface area contributed by atoms with Crippen molar-refractivity contribution in [3.05, 3.63) is 8.96 Å². The van der Waals surface area contributed by atoms with Gasteiger partial charge in [-0.15, -0.1) is 0 Å². The lowest BCUT2D eigenvalue weighted by Crippen LogP contribution is -2.21. The molecule has 0 spiro atoms. The zero-order valence-corrected chi connectivity index (χ0v) is 12.6. The van der Waals surface area contributed by atoms with Crippen LogP contribution in [-0.4, -0.2) is 0 Å². The molecule has 8 fully saturated rings. The summed E-state index contributed by atoms with van der Waals surface area (Å²) in [4.78, 5) is 0. The molecule has 8 aliphatic carbocycles. The van der Waals surface area contributed by atoms with Gasteiger partial charge in [0.25, 0.3) is 0 Å². The monoisotopic (exact) mass is 352 g/mol. The highest BCUT2D eigenvalue weighted by molar-refractivity contribution is 9.28. The Hall–Kier alpha value is 0.700. The topological polar surface area (TPSA) is 0 Å². The van der Waals surface area contributed by atoms with Crippen LogP contribution in [0.3, 0.4) is 0 Å². The van der Waals surface area contributed by atoms with Gasteiger partial charge in [-0.25, -0.2) is 0 Å².